The van der Waals surface area contributed by atoms with Gasteiger partial charge in [0.2, 0.25) is 11.8 Å². The van der Waals surface area contributed by atoms with Gasteiger partial charge in [-0.15, -0.1) is 0 Å². The predicted octanol–water partition coefficient (Wildman–Crippen LogP) is 2.61. The van der Waals surface area contributed by atoms with E-state index in [0.717, 1.165) is 43.7 Å². The first kappa shape index (κ1) is 15.5. The average Bonchev–Trinajstić information content (AvgIpc) is 3.06. The number of piperidine rings is 1. The number of aromatic nitrogens is 1. The molecule has 1 saturated heterocycles. The smallest absolute Gasteiger partial charge is 0.243 e. The Labute approximate surface area is 136 Å². The van der Waals surface area contributed by atoms with Gasteiger partial charge in [-0.2, -0.15) is 0 Å². The predicted molar refractivity (Wildman–Crippen MR) is 88.6 cm³/mol. The number of rotatable bonds is 5. The Balaban J connectivity index is 1.52. The van der Waals surface area contributed by atoms with Crippen molar-refractivity contribution in [1.82, 2.24) is 15.2 Å². The molecule has 1 N–H and O–H groups in total. The van der Waals surface area contributed by atoms with Crippen molar-refractivity contribution in [2.24, 2.45) is 0 Å². The van der Waals surface area contributed by atoms with E-state index >= 15 is 0 Å². The van der Waals surface area contributed by atoms with Gasteiger partial charge in [0.15, 0.2) is 0 Å². The van der Waals surface area contributed by atoms with Gasteiger partial charge < -0.3 is 9.73 Å². The fourth-order valence-electron chi connectivity index (χ4n) is 2.82. The number of nitrogens with one attached hydrogen (secondary N) is 1. The third kappa shape index (κ3) is 4.07. The molecule has 0 spiro atoms. The molecule has 5 nitrogen and oxygen atoms in total. The molecule has 1 aromatic heterocycles. The molecule has 1 aliphatic heterocycles. The van der Waals surface area contributed by atoms with E-state index in [4.69, 9.17) is 4.42 Å². The minimum Gasteiger partial charge on any atom is -0.444 e. The van der Waals surface area contributed by atoms with Crippen molar-refractivity contribution in [2.75, 3.05) is 13.1 Å². The lowest BCUT2D eigenvalue weighted by molar-refractivity contribution is -0.117. The summed E-state index contributed by atoms with van der Waals surface area (Å²) in [6.45, 7) is 6.14. The molecule has 0 atom stereocenters. The van der Waals surface area contributed by atoms with Crippen LogP contribution in [0.25, 0.3) is 11.5 Å². The molecule has 0 aliphatic carbocycles. The van der Waals surface area contributed by atoms with Gasteiger partial charge in [-0.25, -0.2) is 4.98 Å². The van der Waals surface area contributed by atoms with Crippen molar-refractivity contribution in [1.29, 1.82) is 0 Å². The molecule has 1 amide bonds. The van der Waals surface area contributed by atoms with Gasteiger partial charge in [0.05, 0.1) is 5.69 Å². The normalized spacial score (nSPS) is 16.2. The molecule has 2 heterocycles. The van der Waals surface area contributed by atoms with Crippen LogP contribution in [0.4, 0.5) is 0 Å². The molecule has 3 rings (SSSR count). The summed E-state index contributed by atoms with van der Waals surface area (Å²) in [6.07, 6.45) is 4.95. The second-order valence-corrected chi connectivity index (χ2v) is 5.77. The van der Waals surface area contributed by atoms with Crippen LogP contribution in [-0.2, 0) is 11.3 Å². The summed E-state index contributed by atoms with van der Waals surface area (Å²) in [6, 6.07) is 10.1. The van der Waals surface area contributed by atoms with Gasteiger partial charge in [0.25, 0.3) is 0 Å². The monoisotopic (exact) mass is 311 g/mol. The highest BCUT2D eigenvalue weighted by Gasteiger charge is 2.21. The van der Waals surface area contributed by atoms with E-state index in [0.29, 0.717) is 5.89 Å². The second kappa shape index (κ2) is 7.24. The number of amides is 1. The summed E-state index contributed by atoms with van der Waals surface area (Å²) in [5.74, 6) is 0.571. The molecule has 0 radical (unpaired) electrons. The third-order valence-electron chi connectivity index (χ3n) is 4.08. The van der Waals surface area contributed by atoms with Gasteiger partial charge in [-0.1, -0.05) is 24.8 Å². The first-order chi connectivity index (χ1) is 11.2. The average molecular weight is 311 g/mol. The topological polar surface area (TPSA) is 58.4 Å². The molecule has 1 fully saturated rings. The van der Waals surface area contributed by atoms with Crippen molar-refractivity contribution in [3.05, 3.63) is 54.9 Å². The van der Waals surface area contributed by atoms with Crippen molar-refractivity contribution in [3.8, 4) is 11.5 Å². The maximum Gasteiger partial charge on any atom is 0.243 e. The van der Waals surface area contributed by atoms with E-state index in [1.807, 2.05) is 30.3 Å². The Bertz CT molecular complexity index is 658. The number of benzene rings is 1. The molecule has 1 aromatic carbocycles. The fraction of sp³-hybridized carbons (Fsp3) is 0.333. The first-order valence-corrected chi connectivity index (χ1v) is 7.89. The molecule has 2 aromatic rings. The van der Waals surface area contributed by atoms with Crippen LogP contribution < -0.4 is 5.32 Å². The number of hydrogen-bond acceptors (Lipinski definition) is 4. The molecule has 1 aliphatic rings. The minimum absolute atomic E-state index is 0.0903. The Kier molecular flexibility index (Phi) is 4.88. The van der Waals surface area contributed by atoms with Crippen molar-refractivity contribution < 1.29 is 9.21 Å². The Morgan fingerprint density at radius 3 is 2.78 bits per heavy atom. The zero-order valence-corrected chi connectivity index (χ0v) is 13.1. The van der Waals surface area contributed by atoms with Crippen LogP contribution in [0, 0.1) is 0 Å². The van der Waals surface area contributed by atoms with Gasteiger partial charge >= 0.3 is 0 Å². The summed E-state index contributed by atoms with van der Waals surface area (Å²) >= 11 is 0. The zero-order chi connectivity index (χ0) is 16.1. The third-order valence-corrected chi connectivity index (χ3v) is 4.08. The summed E-state index contributed by atoms with van der Waals surface area (Å²) in [5.41, 5.74) is 1.93. The Morgan fingerprint density at radius 2 is 2.09 bits per heavy atom. The van der Waals surface area contributed by atoms with Crippen LogP contribution >= 0.6 is 0 Å². The van der Waals surface area contributed by atoms with Crippen molar-refractivity contribution >= 4 is 5.91 Å². The molecule has 0 saturated carbocycles. The number of nitrogens with zero attached hydrogens (tertiary/aromatic N) is 2. The lowest BCUT2D eigenvalue weighted by atomic mass is 10.0. The van der Waals surface area contributed by atoms with Crippen LogP contribution in [0.2, 0.25) is 0 Å². The summed E-state index contributed by atoms with van der Waals surface area (Å²) in [5, 5.41) is 2.96. The van der Waals surface area contributed by atoms with E-state index in [1.54, 1.807) is 6.26 Å². The molecule has 120 valence electrons. The fourth-order valence-corrected chi connectivity index (χ4v) is 2.82. The van der Waals surface area contributed by atoms with Gasteiger partial charge in [0.1, 0.15) is 6.26 Å². The highest BCUT2D eigenvalue weighted by atomic mass is 16.3. The quantitative estimate of drug-likeness (QED) is 0.862. The lowest BCUT2D eigenvalue weighted by Gasteiger charge is -2.31. The molecular weight excluding hydrogens is 290 g/mol. The first-order valence-electron chi connectivity index (χ1n) is 7.89. The molecule has 5 heteroatoms. The van der Waals surface area contributed by atoms with E-state index in [9.17, 15) is 4.79 Å². The van der Waals surface area contributed by atoms with Crippen LogP contribution in [0.5, 0.6) is 0 Å². The van der Waals surface area contributed by atoms with Crippen molar-refractivity contribution in [2.45, 2.75) is 25.4 Å². The summed E-state index contributed by atoms with van der Waals surface area (Å²) in [4.78, 5) is 18.2. The van der Waals surface area contributed by atoms with Gasteiger partial charge in [0, 0.05) is 31.2 Å². The van der Waals surface area contributed by atoms with Crippen LogP contribution in [0.15, 0.2) is 53.7 Å². The molecular formula is C18H21N3O2. The van der Waals surface area contributed by atoms with Crippen LogP contribution in [-0.4, -0.2) is 34.9 Å². The largest absolute Gasteiger partial charge is 0.444 e. The maximum absolute atomic E-state index is 11.3. The summed E-state index contributed by atoms with van der Waals surface area (Å²) in [7, 11) is 0. The Morgan fingerprint density at radius 1 is 1.35 bits per heavy atom. The second-order valence-electron chi connectivity index (χ2n) is 5.77. The minimum atomic E-state index is -0.0903. The number of hydrogen-bond donors (Lipinski definition) is 1. The zero-order valence-electron chi connectivity index (χ0n) is 13.1. The van der Waals surface area contributed by atoms with Crippen molar-refractivity contribution in [3.63, 3.8) is 0 Å². The standard InChI is InChI=1S/C18H21N3O2/c1-2-17(22)19-15-8-10-21(11-9-15)12-16-13-23-18(20-16)14-6-4-3-5-7-14/h2-7,13,15H,1,8-12H2,(H,19,22). The molecule has 0 bridgehead atoms. The van der Waals surface area contributed by atoms with Crippen LogP contribution in [0.3, 0.4) is 0 Å². The number of likely N-dealkylation sites (tertiary alicyclic amines) is 1. The van der Waals surface area contributed by atoms with Gasteiger partial charge in [-0.3, -0.25) is 9.69 Å². The molecule has 0 unspecified atom stereocenters. The van der Waals surface area contributed by atoms with E-state index < -0.39 is 0 Å². The van der Waals surface area contributed by atoms with E-state index in [-0.39, 0.29) is 11.9 Å². The Hall–Kier alpha value is -2.40. The lowest BCUT2D eigenvalue weighted by Crippen LogP contribution is -2.43. The molecule has 23 heavy (non-hydrogen) atoms. The maximum atomic E-state index is 11.3. The van der Waals surface area contributed by atoms with E-state index in [1.165, 1.54) is 6.08 Å². The van der Waals surface area contributed by atoms with E-state index in [2.05, 4.69) is 21.8 Å². The summed E-state index contributed by atoms with van der Waals surface area (Å²) < 4.78 is 5.57. The number of carbonyl (C=O) groups excluding carboxylic acids is 1. The van der Waals surface area contributed by atoms with Crippen LogP contribution in [0.1, 0.15) is 18.5 Å². The highest BCUT2D eigenvalue weighted by Crippen LogP contribution is 2.20. The number of carbonyl (C=O) groups is 1. The SMILES string of the molecule is C=CC(=O)NC1CCN(Cc2coc(-c3ccccc3)n2)CC1. The number of oxazole rings is 1. The van der Waals surface area contributed by atoms with Gasteiger partial charge in [-0.05, 0) is 31.1 Å². The highest BCUT2D eigenvalue weighted by molar-refractivity contribution is 5.87.